The van der Waals surface area contributed by atoms with Gasteiger partial charge >= 0.3 is 0 Å². The van der Waals surface area contributed by atoms with Gasteiger partial charge in [-0.1, -0.05) is 0 Å². The molecule has 3 aromatic rings. The molecule has 0 saturated heterocycles. The number of hydrogen-bond donors (Lipinski definition) is 2. The minimum Gasteiger partial charge on any atom is -0.497 e. The van der Waals surface area contributed by atoms with Crippen LogP contribution in [-0.4, -0.2) is 36.3 Å². The molecule has 1 amide bonds. The van der Waals surface area contributed by atoms with Crippen LogP contribution in [0.4, 0.5) is 9.52 Å². The quantitative estimate of drug-likeness (QED) is 0.504. The summed E-state index contributed by atoms with van der Waals surface area (Å²) in [6.07, 6.45) is 1.12. The van der Waals surface area contributed by atoms with Crippen molar-refractivity contribution < 1.29 is 19.1 Å². The molecular formula is C21H20FN3O3S. The first-order chi connectivity index (χ1) is 14.1. The van der Waals surface area contributed by atoms with Crippen LogP contribution in [-0.2, 0) is 12.8 Å². The number of rotatable bonds is 4. The van der Waals surface area contributed by atoms with Gasteiger partial charge in [0.2, 0.25) is 0 Å². The molecule has 0 saturated carbocycles. The number of nitrogens with one attached hydrogen (secondary N) is 1. The number of anilines is 1. The van der Waals surface area contributed by atoms with Crippen LogP contribution in [0.2, 0.25) is 0 Å². The van der Waals surface area contributed by atoms with Crippen molar-refractivity contribution in [3.8, 4) is 17.0 Å². The average molecular weight is 413 g/mol. The fourth-order valence-corrected chi connectivity index (χ4v) is 4.39. The van der Waals surface area contributed by atoms with Crippen LogP contribution in [0, 0.1) is 5.82 Å². The van der Waals surface area contributed by atoms with Crippen molar-refractivity contribution in [3.63, 3.8) is 0 Å². The highest BCUT2D eigenvalue weighted by Gasteiger charge is 2.21. The van der Waals surface area contributed by atoms with Gasteiger partial charge in [0.15, 0.2) is 5.13 Å². The number of nitrogens with zero attached hydrogens (tertiary/aromatic N) is 2. The summed E-state index contributed by atoms with van der Waals surface area (Å²) in [5.74, 6) is -0.330. The van der Waals surface area contributed by atoms with Crippen molar-refractivity contribution in [2.75, 3.05) is 25.1 Å². The minimum absolute atomic E-state index is 0.119. The molecule has 0 radical (unpaired) electrons. The molecule has 2 N–H and O–H groups in total. The van der Waals surface area contributed by atoms with E-state index >= 15 is 0 Å². The molecule has 0 atom stereocenters. The van der Waals surface area contributed by atoms with Crippen molar-refractivity contribution in [2.45, 2.75) is 12.8 Å². The van der Waals surface area contributed by atoms with E-state index in [0.29, 0.717) is 31.5 Å². The van der Waals surface area contributed by atoms with Crippen molar-refractivity contribution in [1.29, 1.82) is 0 Å². The SMILES string of the molecule is COc1ccc(-c2csc(N3CCc4cc(C(=O)NO)cc(F)c4CC3)n2)cc1. The Labute approximate surface area is 171 Å². The molecule has 6 nitrogen and oxygen atoms in total. The van der Waals surface area contributed by atoms with Gasteiger partial charge in [-0.05, 0) is 60.4 Å². The zero-order valence-electron chi connectivity index (χ0n) is 15.8. The normalized spacial score (nSPS) is 13.6. The lowest BCUT2D eigenvalue weighted by molar-refractivity contribution is 0.0705. The molecule has 2 heterocycles. The first-order valence-electron chi connectivity index (χ1n) is 9.19. The van der Waals surface area contributed by atoms with Gasteiger partial charge in [-0.3, -0.25) is 10.0 Å². The fourth-order valence-electron chi connectivity index (χ4n) is 3.50. The second-order valence-corrected chi connectivity index (χ2v) is 7.60. The van der Waals surface area contributed by atoms with Gasteiger partial charge in [-0.25, -0.2) is 14.9 Å². The maximum atomic E-state index is 14.5. The Morgan fingerprint density at radius 2 is 2.00 bits per heavy atom. The number of benzene rings is 2. The summed E-state index contributed by atoms with van der Waals surface area (Å²) in [4.78, 5) is 18.5. The van der Waals surface area contributed by atoms with Crippen LogP contribution in [0.25, 0.3) is 11.3 Å². The molecule has 4 rings (SSSR count). The smallest absolute Gasteiger partial charge is 0.274 e. The topological polar surface area (TPSA) is 74.7 Å². The second-order valence-electron chi connectivity index (χ2n) is 6.77. The second kappa shape index (κ2) is 8.18. The Morgan fingerprint density at radius 3 is 2.72 bits per heavy atom. The number of fused-ring (bicyclic) bond motifs is 1. The molecule has 29 heavy (non-hydrogen) atoms. The Kier molecular flexibility index (Phi) is 5.46. The van der Waals surface area contributed by atoms with Gasteiger partial charge in [-0.2, -0.15) is 0 Å². The number of hydroxylamine groups is 1. The molecule has 0 unspecified atom stereocenters. The molecule has 0 fully saturated rings. The summed E-state index contributed by atoms with van der Waals surface area (Å²) in [7, 11) is 1.63. The first kappa shape index (κ1) is 19.4. The van der Waals surface area contributed by atoms with E-state index in [1.165, 1.54) is 6.07 Å². The molecular weight excluding hydrogens is 393 g/mol. The molecule has 0 spiro atoms. The van der Waals surface area contributed by atoms with Crippen LogP contribution in [0.1, 0.15) is 21.5 Å². The van der Waals surface area contributed by atoms with Crippen LogP contribution >= 0.6 is 11.3 Å². The van der Waals surface area contributed by atoms with Crippen LogP contribution in [0.15, 0.2) is 41.8 Å². The highest BCUT2D eigenvalue weighted by Crippen LogP contribution is 2.30. The zero-order valence-corrected chi connectivity index (χ0v) is 16.6. The molecule has 150 valence electrons. The maximum Gasteiger partial charge on any atom is 0.274 e. The van der Waals surface area contributed by atoms with Gasteiger partial charge in [0.05, 0.1) is 12.8 Å². The van der Waals surface area contributed by atoms with E-state index < -0.39 is 11.7 Å². The van der Waals surface area contributed by atoms with E-state index in [1.807, 2.05) is 29.6 Å². The van der Waals surface area contributed by atoms with E-state index in [9.17, 15) is 9.18 Å². The first-order valence-corrected chi connectivity index (χ1v) is 10.1. The molecule has 0 aliphatic carbocycles. The molecule has 1 aliphatic heterocycles. The van der Waals surface area contributed by atoms with E-state index in [2.05, 4.69) is 4.90 Å². The number of carbonyl (C=O) groups excluding carboxylic acids is 1. The zero-order chi connectivity index (χ0) is 20.4. The maximum absolute atomic E-state index is 14.5. The Bertz CT molecular complexity index is 1040. The third-order valence-electron chi connectivity index (χ3n) is 5.08. The fraction of sp³-hybridized carbons (Fsp3) is 0.238. The van der Waals surface area contributed by atoms with Crippen LogP contribution < -0.4 is 15.1 Å². The van der Waals surface area contributed by atoms with Crippen molar-refractivity contribution in [2.24, 2.45) is 0 Å². The standard InChI is InChI=1S/C21H20FN3O3S/c1-28-16-4-2-13(3-5-16)19-12-29-21(23-19)25-8-6-14-10-15(20(26)24-27)11-18(22)17(14)7-9-25/h2-5,10-12,27H,6-9H2,1H3,(H,24,26). The Morgan fingerprint density at radius 1 is 1.24 bits per heavy atom. The average Bonchev–Trinajstić information content (AvgIpc) is 3.14. The van der Waals surface area contributed by atoms with E-state index in [-0.39, 0.29) is 5.56 Å². The summed E-state index contributed by atoms with van der Waals surface area (Å²) >= 11 is 1.56. The van der Waals surface area contributed by atoms with Crippen LogP contribution in [0.3, 0.4) is 0 Å². The van der Waals surface area contributed by atoms with E-state index in [1.54, 1.807) is 30.0 Å². The number of methoxy groups -OCH3 is 1. The Balaban J connectivity index is 1.53. The summed E-state index contributed by atoms with van der Waals surface area (Å²) < 4.78 is 19.7. The summed E-state index contributed by atoms with van der Waals surface area (Å²) in [5.41, 5.74) is 4.99. The number of aromatic nitrogens is 1. The van der Waals surface area contributed by atoms with Gasteiger partial charge in [0.25, 0.3) is 5.91 Å². The van der Waals surface area contributed by atoms with Gasteiger partial charge in [0, 0.05) is 29.6 Å². The molecule has 1 aromatic heterocycles. The highest BCUT2D eigenvalue weighted by atomic mass is 32.1. The molecule has 1 aliphatic rings. The predicted molar refractivity (Wildman–Crippen MR) is 109 cm³/mol. The number of halogens is 1. The predicted octanol–water partition coefficient (Wildman–Crippen LogP) is 3.68. The molecule has 2 aromatic carbocycles. The largest absolute Gasteiger partial charge is 0.497 e. The van der Waals surface area contributed by atoms with Crippen LogP contribution in [0.5, 0.6) is 5.75 Å². The third-order valence-corrected chi connectivity index (χ3v) is 5.98. The van der Waals surface area contributed by atoms with Gasteiger partial charge in [0.1, 0.15) is 11.6 Å². The van der Waals surface area contributed by atoms with Crippen molar-refractivity contribution in [1.82, 2.24) is 10.5 Å². The number of ether oxygens (including phenoxy) is 1. The third kappa shape index (κ3) is 3.94. The lowest BCUT2D eigenvalue weighted by Crippen LogP contribution is -2.25. The monoisotopic (exact) mass is 413 g/mol. The summed E-state index contributed by atoms with van der Waals surface area (Å²) in [5, 5.41) is 11.7. The highest BCUT2D eigenvalue weighted by molar-refractivity contribution is 7.14. The lowest BCUT2D eigenvalue weighted by Gasteiger charge is -2.18. The molecule has 8 heteroatoms. The van der Waals surface area contributed by atoms with Gasteiger partial charge < -0.3 is 9.64 Å². The minimum atomic E-state index is -0.711. The number of hydrogen-bond acceptors (Lipinski definition) is 6. The van der Waals surface area contributed by atoms with Crippen molar-refractivity contribution >= 4 is 22.4 Å². The lowest BCUT2D eigenvalue weighted by atomic mass is 9.99. The number of amides is 1. The van der Waals surface area contributed by atoms with Crippen molar-refractivity contribution in [3.05, 3.63) is 64.3 Å². The number of thiazole rings is 1. The molecule has 0 bridgehead atoms. The van der Waals surface area contributed by atoms with E-state index in [0.717, 1.165) is 27.7 Å². The van der Waals surface area contributed by atoms with Gasteiger partial charge in [-0.15, -0.1) is 11.3 Å². The van der Waals surface area contributed by atoms with E-state index in [4.69, 9.17) is 14.9 Å². The number of carbonyl (C=O) groups is 1. The Hall–Kier alpha value is -2.97. The summed E-state index contributed by atoms with van der Waals surface area (Å²) in [6.45, 7) is 1.32. The summed E-state index contributed by atoms with van der Waals surface area (Å²) in [6, 6.07) is 10.6.